The minimum absolute atomic E-state index is 0.0468. The predicted octanol–water partition coefficient (Wildman–Crippen LogP) is 2.51. The molecule has 1 fully saturated rings. The van der Waals surface area contributed by atoms with Crippen molar-refractivity contribution >= 4 is 11.6 Å². The molecule has 0 radical (unpaired) electrons. The molecule has 0 N–H and O–H groups in total. The van der Waals surface area contributed by atoms with Crippen molar-refractivity contribution in [1.82, 2.24) is 9.80 Å². The molecule has 1 unspecified atom stereocenters. The number of halogens is 2. The third-order valence-electron chi connectivity index (χ3n) is 3.55. The zero-order valence-corrected chi connectivity index (χ0v) is 11.7. The fraction of sp³-hybridized carbons (Fsp3) is 0.500. The van der Waals surface area contributed by atoms with E-state index in [4.69, 9.17) is 16.9 Å². The van der Waals surface area contributed by atoms with Gasteiger partial charge in [0.15, 0.2) is 0 Å². The number of hydrogen-bond acceptors (Lipinski definition) is 3. The van der Waals surface area contributed by atoms with Crippen molar-refractivity contribution in [3.8, 4) is 6.07 Å². The highest BCUT2D eigenvalue weighted by molar-refractivity contribution is 6.30. The molecule has 2 rings (SSSR count). The van der Waals surface area contributed by atoms with E-state index in [1.165, 1.54) is 6.07 Å². The molecule has 0 amide bonds. The highest BCUT2D eigenvalue weighted by Gasteiger charge is 2.21. The van der Waals surface area contributed by atoms with Crippen LogP contribution in [0.4, 0.5) is 4.39 Å². The van der Waals surface area contributed by atoms with E-state index in [2.05, 4.69) is 15.9 Å². The van der Waals surface area contributed by atoms with Gasteiger partial charge in [0.1, 0.15) is 5.82 Å². The van der Waals surface area contributed by atoms with Gasteiger partial charge in [0.2, 0.25) is 0 Å². The van der Waals surface area contributed by atoms with Crippen molar-refractivity contribution in [3.63, 3.8) is 0 Å². The van der Waals surface area contributed by atoms with E-state index in [1.807, 2.05) is 6.92 Å². The number of rotatable bonds is 3. The minimum Gasteiger partial charge on any atom is -0.296 e. The summed E-state index contributed by atoms with van der Waals surface area (Å²) in [5.41, 5.74) is 0.672. The van der Waals surface area contributed by atoms with Crippen LogP contribution in [0.25, 0.3) is 0 Å². The van der Waals surface area contributed by atoms with E-state index < -0.39 is 0 Å². The van der Waals surface area contributed by atoms with Crippen molar-refractivity contribution in [2.75, 3.05) is 26.2 Å². The van der Waals surface area contributed by atoms with Gasteiger partial charge < -0.3 is 0 Å². The summed E-state index contributed by atoms with van der Waals surface area (Å²) in [4.78, 5) is 4.35. The Kier molecular flexibility index (Phi) is 4.76. The number of piperazine rings is 1. The third-order valence-corrected chi connectivity index (χ3v) is 3.79. The molecule has 1 aliphatic heterocycles. The number of nitrogens with zero attached hydrogens (tertiary/aromatic N) is 3. The van der Waals surface area contributed by atoms with Gasteiger partial charge in [-0.05, 0) is 19.1 Å². The van der Waals surface area contributed by atoms with E-state index in [0.29, 0.717) is 17.1 Å². The SMILES string of the molecule is CC(C#N)N1CCN(Cc2ccc(Cl)cc2F)CC1. The van der Waals surface area contributed by atoms with Crippen molar-refractivity contribution in [3.05, 3.63) is 34.6 Å². The third kappa shape index (κ3) is 3.66. The van der Waals surface area contributed by atoms with Crippen molar-refractivity contribution in [2.45, 2.75) is 19.5 Å². The standard InChI is InChI=1S/C14H17ClFN3/c1-11(9-17)19-6-4-18(5-7-19)10-12-2-3-13(15)8-14(12)16/h2-3,8,11H,4-7,10H2,1H3. The van der Waals surface area contributed by atoms with Crippen molar-refractivity contribution in [2.24, 2.45) is 0 Å². The van der Waals surface area contributed by atoms with Crippen LogP contribution in [0.15, 0.2) is 18.2 Å². The molecule has 0 saturated carbocycles. The predicted molar refractivity (Wildman–Crippen MR) is 73.3 cm³/mol. The minimum atomic E-state index is -0.250. The summed E-state index contributed by atoms with van der Waals surface area (Å²) in [5.74, 6) is -0.250. The average molecular weight is 282 g/mol. The summed E-state index contributed by atoms with van der Waals surface area (Å²) >= 11 is 5.74. The first kappa shape index (κ1) is 14.3. The molecule has 19 heavy (non-hydrogen) atoms. The van der Waals surface area contributed by atoms with Gasteiger partial charge in [0.05, 0.1) is 12.1 Å². The summed E-state index contributed by atoms with van der Waals surface area (Å²) in [5, 5.41) is 9.31. The molecule has 0 aromatic heterocycles. The topological polar surface area (TPSA) is 30.3 Å². The van der Waals surface area contributed by atoms with Gasteiger partial charge in [-0.2, -0.15) is 5.26 Å². The number of hydrogen-bond donors (Lipinski definition) is 0. The normalized spacial score (nSPS) is 19.1. The first-order valence-electron chi connectivity index (χ1n) is 6.40. The smallest absolute Gasteiger partial charge is 0.129 e. The van der Waals surface area contributed by atoms with Crippen LogP contribution in [0.1, 0.15) is 12.5 Å². The Hall–Kier alpha value is -1.15. The second-order valence-corrected chi connectivity index (χ2v) is 5.29. The molecule has 5 heteroatoms. The summed E-state index contributed by atoms with van der Waals surface area (Å²) in [6.45, 7) is 5.92. The number of benzene rings is 1. The molecular weight excluding hydrogens is 265 g/mol. The van der Waals surface area contributed by atoms with Crippen LogP contribution >= 0.6 is 11.6 Å². The lowest BCUT2D eigenvalue weighted by molar-refractivity contribution is 0.113. The summed E-state index contributed by atoms with van der Waals surface area (Å²) in [7, 11) is 0. The Labute approximate surface area is 118 Å². The first-order valence-corrected chi connectivity index (χ1v) is 6.78. The maximum atomic E-state index is 13.7. The maximum absolute atomic E-state index is 13.7. The second-order valence-electron chi connectivity index (χ2n) is 4.85. The largest absolute Gasteiger partial charge is 0.296 e. The second kappa shape index (κ2) is 6.33. The van der Waals surface area contributed by atoms with Crippen LogP contribution in [0.3, 0.4) is 0 Å². The Bertz CT molecular complexity index is 478. The highest BCUT2D eigenvalue weighted by atomic mass is 35.5. The Morgan fingerprint density at radius 1 is 1.37 bits per heavy atom. The van der Waals surface area contributed by atoms with E-state index in [1.54, 1.807) is 12.1 Å². The van der Waals surface area contributed by atoms with Gasteiger partial charge >= 0.3 is 0 Å². The zero-order valence-electron chi connectivity index (χ0n) is 10.9. The molecule has 1 atom stereocenters. The fourth-order valence-corrected chi connectivity index (χ4v) is 2.44. The van der Waals surface area contributed by atoms with Gasteiger partial charge in [0.25, 0.3) is 0 Å². The Morgan fingerprint density at radius 2 is 2.05 bits per heavy atom. The molecular formula is C14H17ClFN3. The van der Waals surface area contributed by atoms with Gasteiger partial charge in [-0.25, -0.2) is 4.39 Å². The molecule has 0 bridgehead atoms. The highest BCUT2D eigenvalue weighted by Crippen LogP contribution is 2.17. The van der Waals surface area contributed by atoms with Crippen LogP contribution in [-0.2, 0) is 6.54 Å². The van der Waals surface area contributed by atoms with Gasteiger partial charge in [-0.3, -0.25) is 9.80 Å². The van der Waals surface area contributed by atoms with E-state index in [0.717, 1.165) is 26.2 Å². The molecule has 1 aromatic carbocycles. The zero-order chi connectivity index (χ0) is 13.8. The lowest BCUT2D eigenvalue weighted by Gasteiger charge is -2.35. The van der Waals surface area contributed by atoms with Crippen LogP contribution in [0, 0.1) is 17.1 Å². The summed E-state index contributed by atoms with van der Waals surface area (Å²) in [6.07, 6.45) is 0. The molecule has 1 aliphatic rings. The summed E-state index contributed by atoms with van der Waals surface area (Å²) < 4.78 is 13.7. The number of nitriles is 1. The van der Waals surface area contributed by atoms with Gasteiger partial charge in [-0.1, -0.05) is 17.7 Å². The van der Waals surface area contributed by atoms with Crippen LogP contribution < -0.4 is 0 Å². The molecule has 1 saturated heterocycles. The Balaban J connectivity index is 1.91. The average Bonchev–Trinajstić information content (AvgIpc) is 2.42. The van der Waals surface area contributed by atoms with Gasteiger partial charge in [-0.15, -0.1) is 0 Å². The van der Waals surface area contributed by atoms with Crippen molar-refractivity contribution in [1.29, 1.82) is 5.26 Å². The summed E-state index contributed by atoms with van der Waals surface area (Å²) in [6, 6.07) is 7.01. The van der Waals surface area contributed by atoms with E-state index >= 15 is 0 Å². The lowest BCUT2D eigenvalue weighted by Crippen LogP contribution is -2.48. The molecule has 0 aliphatic carbocycles. The van der Waals surface area contributed by atoms with E-state index in [9.17, 15) is 4.39 Å². The van der Waals surface area contributed by atoms with Crippen LogP contribution in [0.2, 0.25) is 5.02 Å². The first-order chi connectivity index (χ1) is 9.10. The lowest BCUT2D eigenvalue weighted by atomic mass is 10.1. The molecule has 1 heterocycles. The fourth-order valence-electron chi connectivity index (χ4n) is 2.28. The molecule has 102 valence electrons. The quantitative estimate of drug-likeness (QED) is 0.853. The molecule has 3 nitrogen and oxygen atoms in total. The van der Waals surface area contributed by atoms with Gasteiger partial charge in [0, 0.05) is 43.3 Å². The van der Waals surface area contributed by atoms with Crippen LogP contribution in [0.5, 0.6) is 0 Å². The van der Waals surface area contributed by atoms with Crippen molar-refractivity contribution < 1.29 is 4.39 Å². The monoisotopic (exact) mass is 281 g/mol. The molecule has 1 aromatic rings. The van der Waals surface area contributed by atoms with E-state index in [-0.39, 0.29) is 11.9 Å². The maximum Gasteiger partial charge on any atom is 0.129 e. The van der Waals surface area contributed by atoms with Crippen LogP contribution in [-0.4, -0.2) is 42.0 Å². The Morgan fingerprint density at radius 3 is 2.63 bits per heavy atom. The molecule has 0 spiro atoms.